The number of hydrogen-bond donors (Lipinski definition) is 2. The molecule has 1 aliphatic rings. The number of hydrogen-bond acceptors (Lipinski definition) is 4. The number of nitrogens with one attached hydrogen (secondary N) is 1. The molecule has 3 nitrogen and oxygen atoms in total. The Morgan fingerprint density at radius 1 is 1.50 bits per heavy atom. The van der Waals surface area contributed by atoms with Gasteiger partial charge in [-0.3, -0.25) is 0 Å². The predicted molar refractivity (Wildman–Crippen MR) is 69.9 cm³/mol. The van der Waals surface area contributed by atoms with Gasteiger partial charge in [0.1, 0.15) is 0 Å². The number of thiazole rings is 1. The molecule has 3 N–H and O–H groups in total. The maximum Gasteiger partial charge on any atom is 0.182 e. The molecule has 1 saturated carbocycles. The van der Waals surface area contributed by atoms with E-state index in [0.29, 0.717) is 0 Å². The van der Waals surface area contributed by atoms with Gasteiger partial charge >= 0.3 is 0 Å². The zero-order chi connectivity index (χ0) is 11.4. The molecule has 0 aromatic carbocycles. The van der Waals surface area contributed by atoms with E-state index in [-0.39, 0.29) is 0 Å². The maximum atomic E-state index is 5.78. The summed E-state index contributed by atoms with van der Waals surface area (Å²) in [6.45, 7) is 4.02. The number of aromatic nitrogens is 1. The Bertz CT molecular complexity index is 324. The Labute approximate surface area is 101 Å². The van der Waals surface area contributed by atoms with Crippen LogP contribution in [0.15, 0.2) is 5.38 Å². The van der Waals surface area contributed by atoms with Crippen LogP contribution in [0.25, 0.3) is 0 Å². The molecule has 0 saturated heterocycles. The van der Waals surface area contributed by atoms with Gasteiger partial charge in [0.2, 0.25) is 0 Å². The molecule has 16 heavy (non-hydrogen) atoms. The van der Waals surface area contributed by atoms with Gasteiger partial charge in [0, 0.05) is 11.9 Å². The van der Waals surface area contributed by atoms with Crippen molar-refractivity contribution in [3.05, 3.63) is 11.1 Å². The predicted octanol–water partition coefficient (Wildman–Crippen LogP) is 2.49. The summed E-state index contributed by atoms with van der Waals surface area (Å²) in [6, 6.07) is 0. The summed E-state index contributed by atoms with van der Waals surface area (Å²) in [5.41, 5.74) is 6.97. The lowest BCUT2D eigenvalue weighted by atomic mass is 9.96. The fourth-order valence-electron chi connectivity index (χ4n) is 2.46. The van der Waals surface area contributed by atoms with Crippen LogP contribution in [0.4, 0.5) is 5.13 Å². The smallest absolute Gasteiger partial charge is 0.182 e. The van der Waals surface area contributed by atoms with Crippen molar-refractivity contribution in [3.63, 3.8) is 0 Å². The van der Waals surface area contributed by atoms with E-state index in [2.05, 4.69) is 22.6 Å². The molecule has 0 bridgehead atoms. The van der Waals surface area contributed by atoms with Gasteiger partial charge in [-0.2, -0.15) is 0 Å². The third-order valence-corrected chi connectivity index (χ3v) is 4.40. The summed E-state index contributed by atoms with van der Waals surface area (Å²) in [6.07, 6.45) is 4.99. The Balaban J connectivity index is 1.82. The number of nitrogens with two attached hydrogens (primary N) is 1. The second-order valence-electron chi connectivity index (χ2n) is 4.57. The first-order chi connectivity index (χ1) is 7.83. The summed E-state index contributed by atoms with van der Waals surface area (Å²) in [7, 11) is 0. The molecule has 90 valence electrons. The standard InChI is InChI=1S/C12H21N3S/c1-2-11-8-16-12(15-11)14-7-10-5-3-4-9(10)6-13/h8-10H,2-7,13H2,1H3,(H,14,15). The van der Waals surface area contributed by atoms with Gasteiger partial charge in [-0.15, -0.1) is 11.3 Å². The van der Waals surface area contributed by atoms with Crippen LogP contribution in [-0.4, -0.2) is 18.1 Å². The van der Waals surface area contributed by atoms with Gasteiger partial charge in [0.25, 0.3) is 0 Å². The van der Waals surface area contributed by atoms with Gasteiger partial charge in [0.15, 0.2) is 5.13 Å². The molecule has 1 aromatic heterocycles. The summed E-state index contributed by atoms with van der Waals surface area (Å²) >= 11 is 1.71. The summed E-state index contributed by atoms with van der Waals surface area (Å²) < 4.78 is 0. The molecule has 1 heterocycles. The Kier molecular flexibility index (Phi) is 4.18. The summed E-state index contributed by atoms with van der Waals surface area (Å²) in [4.78, 5) is 4.52. The highest BCUT2D eigenvalue weighted by atomic mass is 32.1. The van der Waals surface area contributed by atoms with Crippen molar-refractivity contribution in [3.8, 4) is 0 Å². The minimum Gasteiger partial charge on any atom is -0.361 e. The highest BCUT2D eigenvalue weighted by Crippen LogP contribution is 2.31. The fraction of sp³-hybridized carbons (Fsp3) is 0.750. The molecule has 0 radical (unpaired) electrons. The van der Waals surface area contributed by atoms with E-state index < -0.39 is 0 Å². The lowest BCUT2D eigenvalue weighted by Gasteiger charge is -2.17. The third kappa shape index (κ3) is 2.74. The zero-order valence-corrected chi connectivity index (χ0v) is 10.7. The Morgan fingerprint density at radius 2 is 2.31 bits per heavy atom. The Hall–Kier alpha value is -0.610. The van der Waals surface area contributed by atoms with Crippen molar-refractivity contribution in [2.45, 2.75) is 32.6 Å². The van der Waals surface area contributed by atoms with Crippen LogP contribution in [0.2, 0.25) is 0 Å². The first-order valence-electron chi connectivity index (χ1n) is 6.21. The normalized spacial score (nSPS) is 24.9. The number of rotatable bonds is 5. The number of aryl methyl sites for hydroxylation is 1. The molecule has 0 amide bonds. The largest absolute Gasteiger partial charge is 0.361 e. The van der Waals surface area contributed by atoms with E-state index in [1.54, 1.807) is 11.3 Å². The monoisotopic (exact) mass is 239 g/mol. The van der Waals surface area contributed by atoms with Crippen molar-refractivity contribution in [1.82, 2.24) is 4.98 Å². The molecule has 1 fully saturated rings. The molecular weight excluding hydrogens is 218 g/mol. The van der Waals surface area contributed by atoms with Crippen LogP contribution >= 0.6 is 11.3 Å². The minimum atomic E-state index is 0.720. The highest BCUT2D eigenvalue weighted by molar-refractivity contribution is 7.13. The van der Waals surface area contributed by atoms with Crippen molar-refractivity contribution in [2.24, 2.45) is 17.6 Å². The molecule has 1 aromatic rings. The van der Waals surface area contributed by atoms with Crippen LogP contribution in [0, 0.1) is 11.8 Å². The van der Waals surface area contributed by atoms with Gasteiger partial charge in [-0.05, 0) is 37.6 Å². The molecular formula is C12H21N3S. The van der Waals surface area contributed by atoms with Gasteiger partial charge in [-0.1, -0.05) is 13.3 Å². The van der Waals surface area contributed by atoms with Crippen LogP contribution in [-0.2, 0) is 6.42 Å². The van der Waals surface area contributed by atoms with Crippen molar-refractivity contribution in [1.29, 1.82) is 0 Å². The molecule has 0 aliphatic heterocycles. The fourth-order valence-corrected chi connectivity index (χ4v) is 3.27. The van der Waals surface area contributed by atoms with Crippen LogP contribution in [0.5, 0.6) is 0 Å². The summed E-state index contributed by atoms with van der Waals surface area (Å²) in [5.74, 6) is 1.47. The molecule has 2 atom stereocenters. The summed E-state index contributed by atoms with van der Waals surface area (Å²) in [5, 5.41) is 6.66. The lowest BCUT2D eigenvalue weighted by Crippen LogP contribution is -2.24. The Morgan fingerprint density at radius 3 is 3.00 bits per heavy atom. The van der Waals surface area contributed by atoms with Crippen molar-refractivity contribution < 1.29 is 0 Å². The average Bonchev–Trinajstić information content (AvgIpc) is 2.94. The van der Waals surface area contributed by atoms with Crippen LogP contribution in [0.1, 0.15) is 31.9 Å². The molecule has 0 spiro atoms. The SMILES string of the molecule is CCc1csc(NCC2CCCC2CN)n1. The highest BCUT2D eigenvalue weighted by Gasteiger charge is 2.25. The number of anilines is 1. The second-order valence-corrected chi connectivity index (χ2v) is 5.42. The molecule has 4 heteroatoms. The topological polar surface area (TPSA) is 50.9 Å². The van der Waals surface area contributed by atoms with Crippen molar-refractivity contribution in [2.75, 3.05) is 18.4 Å². The van der Waals surface area contributed by atoms with Gasteiger partial charge < -0.3 is 11.1 Å². The minimum absolute atomic E-state index is 0.720. The quantitative estimate of drug-likeness (QED) is 0.830. The number of nitrogens with zero attached hydrogens (tertiary/aromatic N) is 1. The van der Waals surface area contributed by atoms with E-state index in [0.717, 1.165) is 36.5 Å². The second kappa shape index (κ2) is 5.64. The first-order valence-corrected chi connectivity index (χ1v) is 7.09. The van der Waals surface area contributed by atoms with E-state index in [1.807, 2.05) is 0 Å². The third-order valence-electron chi connectivity index (χ3n) is 3.55. The van der Waals surface area contributed by atoms with Gasteiger partial charge in [0.05, 0.1) is 5.69 Å². The van der Waals surface area contributed by atoms with Crippen molar-refractivity contribution >= 4 is 16.5 Å². The zero-order valence-electron chi connectivity index (χ0n) is 9.91. The van der Waals surface area contributed by atoms with Gasteiger partial charge in [-0.25, -0.2) is 4.98 Å². The molecule has 2 rings (SSSR count). The first kappa shape index (κ1) is 11.9. The average molecular weight is 239 g/mol. The van der Waals surface area contributed by atoms with E-state index in [4.69, 9.17) is 5.73 Å². The van der Waals surface area contributed by atoms with E-state index in [1.165, 1.54) is 25.0 Å². The van der Waals surface area contributed by atoms with Crippen LogP contribution in [0.3, 0.4) is 0 Å². The van der Waals surface area contributed by atoms with Crippen LogP contribution < -0.4 is 11.1 Å². The lowest BCUT2D eigenvalue weighted by molar-refractivity contribution is 0.414. The maximum absolute atomic E-state index is 5.78. The van der Waals surface area contributed by atoms with E-state index in [9.17, 15) is 0 Å². The van der Waals surface area contributed by atoms with E-state index >= 15 is 0 Å². The molecule has 2 unspecified atom stereocenters. The molecule has 1 aliphatic carbocycles.